The van der Waals surface area contributed by atoms with Crippen molar-refractivity contribution in [2.75, 3.05) is 18.1 Å². The third-order valence-electron chi connectivity index (χ3n) is 4.80. The molecule has 31 heavy (non-hydrogen) atoms. The summed E-state index contributed by atoms with van der Waals surface area (Å²) >= 11 is 2.13. The summed E-state index contributed by atoms with van der Waals surface area (Å²) in [5, 5.41) is 24.8. The van der Waals surface area contributed by atoms with Gasteiger partial charge in [-0.3, -0.25) is 14.5 Å². The van der Waals surface area contributed by atoms with Crippen molar-refractivity contribution in [3.63, 3.8) is 0 Å². The van der Waals surface area contributed by atoms with Gasteiger partial charge in [-0.15, -0.1) is 11.8 Å². The number of aromatic nitrogens is 2. The second kappa shape index (κ2) is 9.62. The number of β-lactam (4-membered cyclic amide) rings is 1. The number of aliphatic hydroxyl groups excluding tert-OH is 1. The van der Waals surface area contributed by atoms with Gasteiger partial charge < -0.3 is 26.1 Å². The van der Waals surface area contributed by atoms with Crippen LogP contribution in [-0.2, 0) is 19.2 Å². The van der Waals surface area contributed by atoms with Crippen LogP contribution in [0.2, 0.25) is 0 Å². The van der Waals surface area contributed by atoms with Gasteiger partial charge in [-0.2, -0.15) is 9.36 Å². The van der Waals surface area contributed by atoms with Gasteiger partial charge in [-0.05, 0) is 18.4 Å². The fourth-order valence-electron chi connectivity index (χ4n) is 3.09. The van der Waals surface area contributed by atoms with Crippen LogP contribution in [0.25, 0.3) is 0 Å². The van der Waals surface area contributed by atoms with E-state index in [1.165, 1.54) is 11.8 Å². The molecule has 0 spiro atoms. The van der Waals surface area contributed by atoms with Gasteiger partial charge in [0.25, 0.3) is 11.8 Å². The maximum absolute atomic E-state index is 12.9. The van der Waals surface area contributed by atoms with Crippen LogP contribution in [0.4, 0.5) is 5.13 Å². The Morgan fingerprint density at radius 2 is 2.13 bits per heavy atom. The lowest BCUT2D eigenvalue weighted by Crippen LogP contribution is -2.71. The van der Waals surface area contributed by atoms with Crippen LogP contribution in [0.15, 0.2) is 16.4 Å². The molecule has 0 saturated carbocycles. The molecule has 5 N–H and O–H groups in total. The third kappa shape index (κ3) is 4.50. The molecule has 0 radical (unpaired) electrons. The van der Waals surface area contributed by atoms with Crippen molar-refractivity contribution in [1.82, 2.24) is 19.6 Å². The number of nitrogens with two attached hydrogens (primary N) is 1. The van der Waals surface area contributed by atoms with E-state index in [0.29, 0.717) is 12.8 Å². The summed E-state index contributed by atoms with van der Waals surface area (Å²) in [6.07, 6.45) is 1.13. The van der Waals surface area contributed by atoms with Crippen molar-refractivity contribution in [3.05, 3.63) is 17.1 Å². The quantitative estimate of drug-likeness (QED) is 0.214. The predicted molar refractivity (Wildman–Crippen MR) is 113 cm³/mol. The summed E-state index contributed by atoms with van der Waals surface area (Å²) in [5.41, 5.74) is 5.39. The van der Waals surface area contributed by atoms with Gasteiger partial charge in [0.1, 0.15) is 23.2 Å². The standard InChI is InChI=1S/C17H22N6O6S2/c1-3-8(4-2)29-21-9(12-20-17(18)31-22-12)13(25)19-10-14(26)23-11(16(27)28)7(5-24)6-30-15(10)23/h8,10,15,24H,3-6H2,1-2H3,(H,19,25)(H,27,28)(H2,18,20,22)/b21-9-/t10-,15-/m1/s1. The number of anilines is 1. The van der Waals surface area contributed by atoms with Crippen LogP contribution < -0.4 is 11.1 Å². The first kappa shape index (κ1) is 23.0. The molecule has 1 aromatic heterocycles. The molecule has 2 atom stereocenters. The Hall–Kier alpha value is -2.71. The number of carbonyl (C=O) groups excluding carboxylic acids is 2. The molecule has 1 fully saturated rings. The second-order valence-electron chi connectivity index (χ2n) is 6.72. The van der Waals surface area contributed by atoms with E-state index in [2.05, 4.69) is 19.8 Å². The number of aliphatic hydroxyl groups is 1. The molecule has 14 heteroatoms. The predicted octanol–water partition coefficient (Wildman–Crippen LogP) is -0.239. The topological polar surface area (TPSA) is 180 Å². The number of carboxylic acids is 1. The van der Waals surface area contributed by atoms with Crippen LogP contribution in [0, 0.1) is 0 Å². The zero-order valence-corrected chi connectivity index (χ0v) is 18.4. The van der Waals surface area contributed by atoms with Crippen molar-refractivity contribution >= 4 is 51.9 Å². The van der Waals surface area contributed by atoms with Crippen molar-refractivity contribution in [2.24, 2.45) is 5.16 Å². The number of nitrogens with one attached hydrogen (secondary N) is 1. The lowest BCUT2D eigenvalue weighted by atomic mass is 10.0. The van der Waals surface area contributed by atoms with E-state index in [-0.39, 0.29) is 39.8 Å². The second-order valence-corrected chi connectivity index (χ2v) is 8.60. The summed E-state index contributed by atoms with van der Waals surface area (Å²) in [6.45, 7) is 3.36. The summed E-state index contributed by atoms with van der Waals surface area (Å²) in [7, 11) is 0. The number of carboxylic acid groups (broad SMARTS) is 1. The molecule has 3 rings (SSSR count). The zero-order chi connectivity index (χ0) is 22.7. The van der Waals surface area contributed by atoms with Crippen molar-refractivity contribution in [1.29, 1.82) is 0 Å². The number of rotatable bonds is 9. The number of nitrogen functional groups attached to an aromatic ring is 1. The zero-order valence-electron chi connectivity index (χ0n) is 16.8. The first-order valence-corrected chi connectivity index (χ1v) is 11.3. The van der Waals surface area contributed by atoms with Crippen LogP contribution >= 0.6 is 23.3 Å². The molecule has 0 unspecified atom stereocenters. The molecule has 2 aliphatic heterocycles. The van der Waals surface area contributed by atoms with Crippen LogP contribution in [0.5, 0.6) is 0 Å². The average molecular weight is 471 g/mol. The monoisotopic (exact) mass is 470 g/mol. The van der Waals surface area contributed by atoms with Crippen LogP contribution in [-0.4, -0.2) is 77.8 Å². The summed E-state index contributed by atoms with van der Waals surface area (Å²) < 4.78 is 4.00. The number of thioether (sulfide) groups is 1. The number of aliphatic carboxylic acids is 1. The molecular formula is C17H22N6O6S2. The van der Waals surface area contributed by atoms with Crippen molar-refractivity contribution < 1.29 is 29.4 Å². The van der Waals surface area contributed by atoms with Gasteiger partial charge in [0, 0.05) is 17.3 Å². The number of hydrogen-bond acceptors (Lipinski definition) is 11. The Labute approximate surface area is 185 Å². The Bertz CT molecular complexity index is 943. The van der Waals surface area contributed by atoms with Gasteiger partial charge in [0.05, 0.1) is 6.61 Å². The number of hydrogen-bond donors (Lipinski definition) is 4. The summed E-state index contributed by atoms with van der Waals surface area (Å²) in [5.74, 6) is -2.45. The van der Waals surface area contributed by atoms with E-state index in [1.807, 2.05) is 13.8 Å². The molecule has 3 heterocycles. The van der Waals surface area contributed by atoms with Crippen LogP contribution in [0.1, 0.15) is 32.5 Å². The summed E-state index contributed by atoms with van der Waals surface area (Å²) in [4.78, 5) is 47.6. The molecule has 1 saturated heterocycles. The smallest absolute Gasteiger partial charge is 0.352 e. The van der Waals surface area contributed by atoms with E-state index in [9.17, 15) is 24.6 Å². The third-order valence-corrected chi connectivity index (χ3v) is 6.68. The average Bonchev–Trinajstić information content (AvgIpc) is 3.19. The minimum Gasteiger partial charge on any atom is -0.477 e. The number of carbonyl (C=O) groups is 3. The SMILES string of the molecule is CCC(CC)O/N=C(\C(=O)N[C@@H]1C(=O)N2C(C(=O)O)=C(CO)CS[C@H]12)c1nsc(N)n1. The van der Waals surface area contributed by atoms with Crippen molar-refractivity contribution in [3.8, 4) is 0 Å². The van der Waals surface area contributed by atoms with Gasteiger partial charge in [-0.1, -0.05) is 19.0 Å². The molecular weight excluding hydrogens is 448 g/mol. The lowest BCUT2D eigenvalue weighted by molar-refractivity contribution is -0.150. The lowest BCUT2D eigenvalue weighted by Gasteiger charge is -2.49. The largest absolute Gasteiger partial charge is 0.477 e. The Morgan fingerprint density at radius 1 is 1.42 bits per heavy atom. The maximum Gasteiger partial charge on any atom is 0.352 e. The molecule has 0 aromatic carbocycles. The number of nitrogens with zero attached hydrogens (tertiary/aromatic N) is 4. The highest BCUT2D eigenvalue weighted by Gasteiger charge is 2.54. The molecule has 168 valence electrons. The van der Waals surface area contributed by atoms with Crippen molar-refractivity contribution in [2.45, 2.75) is 44.2 Å². The highest BCUT2D eigenvalue weighted by molar-refractivity contribution is 8.00. The van der Waals surface area contributed by atoms with E-state index < -0.39 is 35.8 Å². The molecule has 2 aliphatic rings. The highest BCUT2D eigenvalue weighted by atomic mass is 32.2. The van der Waals surface area contributed by atoms with E-state index in [0.717, 1.165) is 16.4 Å². The maximum atomic E-state index is 12.9. The molecule has 0 aliphatic carbocycles. The van der Waals surface area contributed by atoms with E-state index in [4.69, 9.17) is 10.6 Å². The Kier molecular flexibility index (Phi) is 7.12. The number of oxime groups is 1. The molecule has 2 amide bonds. The number of fused-ring (bicyclic) bond motifs is 1. The first-order valence-electron chi connectivity index (χ1n) is 9.47. The minimum atomic E-state index is -1.31. The first-order chi connectivity index (χ1) is 14.8. The van der Waals surface area contributed by atoms with Gasteiger partial charge in [0.2, 0.25) is 11.5 Å². The van der Waals surface area contributed by atoms with Gasteiger partial charge >= 0.3 is 5.97 Å². The fraction of sp³-hybridized carbons (Fsp3) is 0.529. The molecule has 0 bridgehead atoms. The summed E-state index contributed by atoms with van der Waals surface area (Å²) in [6, 6.07) is -0.971. The normalized spacial score (nSPS) is 21.1. The Morgan fingerprint density at radius 3 is 2.68 bits per heavy atom. The van der Waals surface area contributed by atoms with Gasteiger partial charge in [0.15, 0.2) is 5.13 Å². The molecule has 1 aromatic rings. The molecule has 12 nitrogen and oxygen atoms in total. The Balaban J connectivity index is 1.80. The highest BCUT2D eigenvalue weighted by Crippen LogP contribution is 2.40. The fourth-order valence-corrected chi connectivity index (χ4v) is 4.86. The van der Waals surface area contributed by atoms with Gasteiger partial charge in [-0.25, -0.2) is 4.79 Å². The van der Waals surface area contributed by atoms with E-state index >= 15 is 0 Å². The van der Waals surface area contributed by atoms with E-state index in [1.54, 1.807) is 0 Å². The minimum absolute atomic E-state index is 0.0282. The van der Waals surface area contributed by atoms with Crippen LogP contribution in [0.3, 0.4) is 0 Å². The number of amides is 2.